The molecule has 0 saturated heterocycles. The summed E-state index contributed by atoms with van der Waals surface area (Å²) in [7, 11) is 0. The maximum atomic E-state index is 12.7. The third-order valence-electron chi connectivity index (χ3n) is 3.25. The van der Waals surface area contributed by atoms with E-state index in [0.29, 0.717) is 27.7 Å². The SMILES string of the molecule is Cc1cc(C(=O)c2ccccc2)c(-c2ccccc2Cl)o1. The van der Waals surface area contributed by atoms with Crippen molar-refractivity contribution in [2.75, 3.05) is 0 Å². The number of hydrogen-bond acceptors (Lipinski definition) is 2. The van der Waals surface area contributed by atoms with E-state index in [-0.39, 0.29) is 5.78 Å². The highest BCUT2D eigenvalue weighted by molar-refractivity contribution is 6.33. The van der Waals surface area contributed by atoms with Crippen LogP contribution in [0.25, 0.3) is 11.3 Å². The van der Waals surface area contributed by atoms with Gasteiger partial charge in [0.05, 0.1) is 10.6 Å². The molecule has 0 fully saturated rings. The second-order valence-corrected chi connectivity index (χ2v) is 5.18. The van der Waals surface area contributed by atoms with E-state index in [2.05, 4.69) is 0 Å². The summed E-state index contributed by atoms with van der Waals surface area (Å²) in [5.41, 5.74) is 1.89. The van der Waals surface area contributed by atoms with Crippen molar-refractivity contribution in [3.8, 4) is 11.3 Å². The molecule has 0 aliphatic heterocycles. The summed E-state index contributed by atoms with van der Waals surface area (Å²) in [6.07, 6.45) is 0. The average Bonchev–Trinajstić information content (AvgIpc) is 2.89. The number of furan rings is 1. The van der Waals surface area contributed by atoms with Crippen LogP contribution >= 0.6 is 11.6 Å². The lowest BCUT2D eigenvalue weighted by Gasteiger charge is -2.04. The standard InChI is InChI=1S/C18H13ClO2/c1-12-11-15(17(20)13-7-3-2-4-8-13)18(21-12)14-9-5-6-10-16(14)19/h2-11H,1H3. The number of benzene rings is 2. The van der Waals surface area contributed by atoms with Crippen LogP contribution in [0.15, 0.2) is 65.1 Å². The van der Waals surface area contributed by atoms with Gasteiger partial charge in [0.2, 0.25) is 0 Å². The van der Waals surface area contributed by atoms with Crippen LogP contribution in [0.2, 0.25) is 5.02 Å². The van der Waals surface area contributed by atoms with Crippen molar-refractivity contribution in [1.29, 1.82) is 0 Å². The number of carbonyl (C=O) groups is 1. The highest BCUT2D eigenvalue weighted by Crippen LogP contribution is 2.33. The first-order chi connectivity index (χ1) is 10.2. The minimum Gasteiger partial charge on any atom is -0.461 e. The molecule has 3 rings (SSSR count). The van der Waals surface area contributed by atoms with Crippen LogP contribution in [0, 0.1) is 6.92 Å². The Balaban J connectivity index is 2.13. The number of ketones is 1. The van der Waals surface area contributed by atoms with Crippen molar-refractivity contribution >= 4 is 17.4 Å². The molecule has 0 unspecified atom stereocenters. The second kappa shape index (κ2) is 5.58. The van der Waals surface area contributed by atoms with Gasteiger partial charge in [-0.05, 0) is 25.1 Å². The van der Waals surface area contributed by atoms with Gasteiger partial charge in [0.1, 0.15) is 11.5 Å². The van der Waals surface area contributed by atoms with Crippen molar-refractivity contribution < 1.29 is 9.21 Å². The summed E-state index contributed by atoms with van der Waals surface area (Å²) in [6.45, 7) is 1.82. The van der Waals surface area contributed by atoms with Gasteiger partial charge >= 0.3 is 0 Å². The van der Waals surface area contributed by atoms with Gasteiger partial charge < -0.3 is 4.42 Å². The molecule has 1 aromatic heterocycles. The normalized spacial score (nSPS) is 10.6. The Labute approximate surface area is 128 Å². The largest absolute Gasteiger partial charge is 0.461 e. The van der Waals surface area contributed by atoms with Gasteiger partial charge in [0, 0.05) is 11.1 Å². The van der Waals surface area contributed by atoms with Crippen LogP contribution in [-0.2, 0) is 0 Å². The minimum absolute atomic E-state index is 0.0673. The number of hydrogen-bond donors (Lipinski definition) is 0. The Hall–Kier alpha value is -2.32. The van der Waals surface area contributed by atoms with E-state index in [9.17, 15) is 4.79 Å². The molecule has 1 heterocycles. The maximum Gasteiger partial charge on any atom is 0.196 e. The fraction of sp³-hybridized carbons (Fsp3) is 0.0556. The summed E-state index contributed by atoms with van der Waals surface area (Å²) in [6, 6.07) is 18.3. The van der Waals surface area contributed by atoms with E-state index in [1.165, 1.54) is 0 Å². The van der Waals surface area contributed by atoms with Crippen molar-refractivity contribution in [3.63, 3.8) is 0 Å². The summed E-state index contributed by atoms with van der Waals surface area (Å²) >= 11 is 6.22. The van der Waals surface area contributed by atoms with E-state index < -0.39 is 0 Å². The molecule has 2 aromatic carbocycles. The monoisotopic (exact) mass is 296 g/mol. The van der Waals surface area contributed by atoms with Crippen molar-refractivity contribution in [1.82, 2.24) is 0 Å². The number of aryl methyl sites for hydroxylation is 1. The van der Waals surface area contributed by atoms with Crippen LogP contribution in [0.5, 0.6) is 0 Å². The Morgan fingerprint density at radius 1 is 1.00 bits per heavy atom. The molecule has 0 aliphatic rings. The number of carbonyl (C=O) groups excluding carboxylic acids is 1. The molecule has 0 aliphatic carbocycles. The molecule has 104 valence electrons. The third-order valence-corrected chi connectivity index (χ3v) is 3.58. The molecule has 0 amide bonds. The quantitative estimate of drug-likeness (QED) is 0.626. The zero-order valence-corrected chi connectivity index (χ0v) is 12.2. The van der Waals surface area contributed by atoms with Gasteiger partial charge in [-0.3, -0.25) is 4.79 Å². The number of halogens is 1. The lowest BCUT2D eigenvalue weighted by molar-refractivity contribution is 0.103. The van der Waals surface area contributed by atoms with Crippen LogP contribution in [-0.4, -0.2) is 5.78 Å². The molecule has 0 N–H and O–H groups in total. The molecule has 0 atom stereocenters. The van der Waals surface area contributed by atoms with E-state index in [0.717, 1.165) is 5.56 Å². The van der Waals surface area contributed by atoms with Gasteiger partial charge in [-0.15, -0.1) is 0 Å². The first kappa shape index (κ1) is 13.7. The average molecular weight is 297 g/mol. The zero-order valence-electron chi connectivity index (χ0n) is 11.5. The molecule has 3 aromatic rings. The summed E-state index contributed by atoms with van der Waals surface area (Å²) in [4.78, 5) is 12.7. The van der Waals surface area contributed by atoms with Gasteiger partial charge in [-0.25, -0.2) is 0 Å². The van der Waals surface area contributed by atoms with Crippen LogP contribution in [0.4, 0.5) is 0 Å². The predicted octanol–water partition coefficient (Wildman–Crippen LogP) is 5.14. The van der Waals surface area contributed by atoms with Crippen molar-refractivity contribution in [2.45, 2.75) is 6.92 Å². The van der Waals surface area contributed by atoms with Crippen molar-refractivity contribution in [2.24, 2.45) is 0 Å². The molecular formula is C18H13ClO2. The lowest BCUT2D eigenvalue weighted by atomic mass is 10.0. The Kier molecular flexibility index (Phi) is 3.63. The van der Waals surface area contributed by atoms with Crippen LogP contribution < -0.4 is 0 Å². The van der Waals surface area contributed by atoms with E-state index in [1.807, 2.05) is 43.3 Å². The first-order valence-electron chi connectivity index (χ1n) is 6.62. The molecule has 21 heavy (non-hydrogen) atoms. The van der Waals surface area contributed by atoms with E-state index >= 15 is 0 Å². The third kappa shape index (κ3) is 2.63. The second-order valence-electron chi connectivity index (χ2n) is 4.77. The van der Waals surface area contributed by atoms with E-state index in [4.69, 9.17) is 16.0 Å². The first-order valence-corrected chi connectivity index (χ1v) is 6.99. The Morgan fingerprint density at radius 2 is 1.67 bits per heavy atom. The maximum absolute atomic E-state index is 12.7. The molecular weight excluding hydrogens is 284 g/mol. The smallest absolute Gasteiger partial charge is 0.196 e. The molecule has 0 radical (unpaired) electrons. The highest BCUT2D eigenvalue weighted by Gasteiger charge is 2.20. The zero-order chi connectivity index (χ0) is 14.8. The van der Waals surface area contributed by atoms with Crippen LogP contribution in [0.1, 0.15) is 21.7 Å². The van der Waals surface area contributed by atoms with E-state index in [1.54, 1.807) is 24.3 Å². The lowest BCUT2D eigenvalue weighted by Crippen LogP contribution is -2.01. The number of rotatable bonds is 3. The Morgan fingerprint density at radius 3 is 2.38 bits per heavy atom. The molecule has 0 spiro atoms. The molecule has 2 nitrogen and oxygen atoms in total. The summed E-state index contributed by atoms with van der Waals surface area (Å²) in [5, 5.41) is 0.564. The molecule has 0 bridgehead atoms. The van der Waals surface area contributed by atoms with Gasteiger partial charge in [0.15, 0.2) is 5.78 Å². The minimum atomic E-state index is -0.0673. The fourth-order valence-electron chi connectivity index (χ4n) is 2.27. The van der Waals surface area contributed by atoms with Crippen LogP contribution in [0.3, 0.4) is 0 Å². The Bertz CT molecular complexity index is 788. The highest BCUT2D eigenvalue weighted by atomic mass is 35.5. The fourth-order valence-corrected chi connectivity index (χ4v) is 2.49. The topological polar surface area (TPSA) is 30.2 Å². The van der Waals surface area contributed by atoms with Gasteiger partial charge in [-0.1, -0.05) is 54.1 Å². The predicted molar refractivity (Wildman–Crippen MR) is 83.8 cm³/mol. The van der Waals surface area contributed by atoms with Gasteiger partial charge in [0.25, 0.3) is 0 Å². The van der Waals surface area contributed by atoms with Gasteiger partial charge in [-0.2, -0.15) is 0 Å². The molecule has 0 saturated carbocycles. The van der Waals surface area contributed by atoms with Crippen molar-refractivity contribution in [3.05, 3.63) is 82.6 Å². The summed E-state index contributed by atoms with van der Waals surface area (Å²) < 4.78 is 5.72. The molecule has 3 heteroatoms. The summed E-state index contributed by atoms with van der Waals surface area (Å²) in [5.74, 6) is 1.14.